The lowest BCUT2D eigenvalue weighted by Gasteiger charge is -2.23. The first-order valence-corrected chi connectivity index (χ1v) is 8.68. The molecule has 1 atom stereocenters. The second kappa shape index (κ2) is 8.06. The van der Waals surface area contributed by atoms with Crippen LogP contribution in [0.25, 0.3) is 0 Å². The molecule has 8 heteroatoms. The molecule has 2 heterocycles. The number of nitrogens with one attached hydrogen (secondary N) is 1. The van der Waals surface area contributed by atoms with Crippen molar-refractivity contribution in [3.8, 4) is 0 Å². The van der Waals surface area contributed by atoms with E-state index in [0.717, 1.165) is 16.5 Å². The summed E-state index contributed by atoms with van der Waals surface area (Å²) in [5.41, 5.74) is 0.902. The summed E-state index contributed by atoms with van der Waals surface area (Å²) in [7, 11) is 0. The Morgan fingerprint density at radius 2 is 1.96 bits per heavy atom. The SMILES string of the molecule is O=C(Nc1ncc(Br)cn1)[C@@H]1CCCN1C(=O)OCc1ccccc1. The van der Waals surface area contributed by atoms with E-state index in [-0.39, 0.29) is 18.5 Å². The minimum atomic E-state index is -0.574. The number of hydrogen-bond acceptors (Lipinski definition) is 5. The molecule has 130 valence electrons. The molecule has 1 aliphatic heterocycles. The van der Waals surface area contributed by atoms with Gasteiger partial charge in [0.15, 0.2) is 0 Å². The van der Waals surface area contributed by atoms with E-state index in [0.29, 0.717) is 13.0 Å². The van der Waals surface area contributed by atoms with E-state index in [1.807, 2.05) is 30.3 Å². The molecule has 2 amide bonds. The minimum Gasteiger partial charge on any atom is -0.445 e. The van der Waals surface area contributed by atoms with Crippen LogP contribution < -0.4 is 5.32 Å². The van der Waals surface area contributed by atoms with Crippen LogP contribution in [0.4, 0.5) is 10.7 Å². The van der Waals surface area contributed by atoms with Crippen molar-refractivity contribution in [3.63, 3.8) is 0 Å². The number of rotatable bonds is 4. The number of hydrogen-bond donors (Lipinski definition) is 1. The molecule has 7 nitrogen and oxygen atoms in total. The highest BCUT2D eigenvalue weighted by molar-refractivity contribution is 9.10. The smallest absolute Gasteiger partial charge is 0.410 e. The van der Waals surface area contributed by atoms with Crippen molar-refractivity contribution >= 4 is 33.9 Å². The van der Waals surface area contributed by atoms with Crippen molar-refractivity contribution in [3.05, 3.63) is 52.8 Å². The minimum absolute atomic E-state index is 0.181. The lowest BCUT2D eigenvalue weighted by atomic mass is 10.2. The molecular weight excluding hydrogens is 388 g/mol. The van der Waals surface area contributed by atoms with E-state index in [1.54, 1.807) is 12.4 Å². The second-order valence-electron chi connectivity index (χ2n) is 5.61. The maximum atomic E-state index is 12.4. The van der Waals surface area contributed by atoms with Gasteiger partial charge in [0.1, 0.15) is 12.6 Å². The summed E-state index contributed by atoms with van der Waals surface area (Å²) in [5.74, 6) is -0.103. The molecule has 0 bridgehead atoms. The predicted molar refractivity (Wildman–Crippen MR) is 94.7 cm³/mol. The standard InChI is InChI=1S/C17H17BrN4O3/c18-13-9-19-16(20-10-13)21-15(23)14-7-4-8-22(14)17(24)25-11-12-5-2-1-3-6-12/h1-3,5-6,9-10,14H,4,7-8,11H2,(H,19,20,21,23)/t14-/m0/s1. The Bertz CT molecular complexity index is 739. The van der Waals surface area contributed by atoms with Crippen molar-refractivity contribution in [2.24, 2.45) is 0 Å². The number of carbonyl (C=O) groups is 2. The Morgan fingerprint density at radius 3 is 2.68 bits per heavy atom. The molecule has 1 N–H and O–H groups in total. The fourth-order valence-electron chi connectivity index (χ4n) is 2.63. The first-order valence-electron chi connectivity index (χ1n) is 7.89. The molecule has 0 radical (unpaired) electrons. The summed E-state index contributed by atoms with van der Waals surface area (Å²) in [4.78, 5) is 34.2. The topological polar surface area (TPSA) is 84.4 Å². The number of halogens is 1. The summed E-state index contributed by atoms with van der Waals surface area (Å²) < 4.78 is 6.05. The Hall–Kier alpha value is -2.48. The van der Waals surface area contributed by atoms with E-state index in [1.165, 1.54) is 4.90 Å². The van der Waals surface area contributed by atoms with Gasteiger partial charge in [-0.05, 0) is 34.3 Å². The molecule has 1 aromatic heterocycles. The highest BCUT2D eigenvalue weighted by Gasteiger charge is 2.35. The van der Waals surface area contributed by atoms with E-state index in [2.05, 4.69) is 31.2 Å². The maximum absolute atomic E-state index is 12.4. The molecule has 0 aliphatic carbocycles. The van der Waals surface area contributed by atoms with Gasteiger partial charge < -0.3 is 4.74 Å². The molecule has 25 heavy (non-hydrogen) atoms. The van der Waals surface area contributed by atoms with Crippen LogP contribution in [0.15, 0.2) is 47.2 Å². The summed E-state index contributed by atoms with van der Waals surface area (Å²) in [5, 5.41) is 2.64. The zero-order valence-electron chi connectivity index (χ0n) is 13.4. The van der Waals surface area contributed by atoms with Gasteiger partial charge in [-0.15, -0.1) is 0 Å². The van der Waals surface area contributed by atoms with E-state index >= 15 is 0 Å². The van der Waals surface area contributed by atoms with Crippen LogP contribution in [0.3, 0.4) is 0 Å². The van der Waals surface area contributed by atoms with Crippen LogP contribution in [-0.2, 0) is 16.1 Å². The lowest BCUT2D eigenvalue weighted by Crippen LogP contribution is -2.43. The number of benzene rings is 1. The van der Waals surface area contributed by atoms with Gasteiger partial charge in [-0.25, -0.2) is 14.8 Å². The van der Waals surface area contributed by atoms with Crippen LogP contribution >= 0.6 is 15.9 Å². The van der Waals surface area contributed by atoms with Gasteiger partial charge >= 0.3 is 6.09 Å². The van der Waals surface area contributed by atoms with Crippen molar-refractivity contribution < 1.29 is 14.3 Å². The summed E-state index contributed by atoms with van der Waals surface area (Å²) in [6.45, 7) is 0.674. The van der Waals surface area contributed by atoms with Gasteiger partial charge in [0.25, 0.3) is 0 Å². The highest BCUT2D eigenvalue weighted by Crippen LogP contribution is 2.20. The van der Waals surface area contributed by atoms with Crippen LogP contribution in [0.5, 0.6) is 0 Å². The average Bonchev–Trinajstić information content (AvgIpc) is 3.12. The van der Waals surface area contributed by atoms with Gasteiger partial charge in [0, 0.05) is 18.9 Å². The molecule has 1 aromatic carbocycles. The number of aromatic nitrogens is 2. The van der Waals surface area contributed by atoms with Crippen LogP contribution in [0, 0.1) is 0 Å². The first-order chi connectivity index (χ1) is 12.1. The average molecular weight is 405 g/mol. The summed E-state index contributed by atoms with van der Waals surface area (Å²) in [6, 6.07) is 8.85. The van der Waals surface area contributed by atoms with Crippen LogP contribution in [0.1, 0.15) is 18.4 Å². The fraction of sp³-hybridized carbons (Fsp3) is 0.294. The lowest BCUT2D eigenvalue weighted by molar-refractivity contribution is -0.120. The quantitative estimate of drug-likeness (QED) is 0.846. The maximum Gasteiger partial charge on any atom is 0.410 e. The van der Waals surface area contributed by atoms with Crippen LogP contribution in [-0.4, -0.2) is 39.5 Å². The summed E-state index contributed by atoms with van der Waals surface area (Å²) >= 11 is 3.24. The normalized spacial score (nSPS) is 16.5. The third-order valence-corrected chi connectivity index (χ3v) is 4.26. The van der Waals surface area contributed by atoms with Gasteiger partial charge in [-0.1, -0.05) is 30.3 Å². The number of carbonyl (C=O) groups excluding carboxylic acids is 2. The molecule has 2 aromatic rings. The van der Waals surface area contributed by atoms with Crippen molar-refractivity contribution in [1.29, 1.82) is 0 Å². The molecule has 1 aliphatic rings. The van der Waals surface area contributed by atoms with E-state index < -0.39 is 12.1 Å². The zero-order valence-corrected chi connectivity index (χ0v) is 15.0. The Labute approximate surface area is 153 Å². The number of ether oxygens (including phenoxy) is 1. The van der Waals surface area contributed by atoms with Gasteiger partial charge in [0.2, 0.25) is 11.9 Å². The molecule has 3 rings (SSSR count). The third kappa shape index (κ3) is 4.54. The molecular formula is C17H17BrN4O3. The molecule has 0 spiro atoms. The Morgan fingerprint density at radius 1 is 1.24 bits per heavy atom. The number of amides is 2. The van der Waals surface area contributed by atoms with Gasteiger partial charge in [-0.3, -0.25) is 15.0 Å². The predicted octanol–water partition coefficient (Wildman–Crippen LogP) is 2.98. The van der Waals surface area contributed by atoms with Gasteiger partial charge in [-0.2, -0.15) is 0 Å². The van der Waals surface area contributed by atoms with Crippen molar-refractivity contribution in [1.82, 2.24) is 14.9 Å². The number of nitrogens with zero attached hydrogens (tertiary/aromatic N) is 3. The number of likely N-dealkylation sites (tertiary alicyclic amines) is 1. The largest absolute Gasteiger partial charge is 0.445 e. The van der Waals surface area contributed by atoms with Crippen molar-refractivity contribution in [2.45, 2.75) is 25.5 Å². The molecule has 1 fully saturated rings. The van der Waals surface area contributed by atoms with Crippen LogP contribution in [0.2, 0.25) is 0 Å². The molecule has 1 saturated heterocycles. The molecule has 0 saturated carbocycles. The Balaban J connectivity index is 1.58. The number of anilines is 1. The van der Waals surface area contributed by atoms with E-state index in [4.69, 9.17) is 4.74 Å². The third-order valence-electron chi connectivity index (χ3n) is 3.85. The fourth-order valence-corrected chi connectivity index (χ4v) is 2.84. The zero-order chi connectivity index (χ0) is 17.6. The van der Waals surface area contributed by atoms with Crippen molar-refractivity contribution in [2.75, 3.05) is 11.9 Å². The van der Waals surface area contributed by atoms with Gasteiger partial charge in [0.05, 0.1) is 4.47 Å². The molecule has 0 unspecified atom stereocenters. The highest BCUT2D eigenvalue weighted by atomic mass is 79.9. The monoisotopic (exact) mass is 404 g/mol. The first kappa shape index (κ1) is 17.3. The Kier molecular flexibility index (Phi) is 5.60. The van der Waals surface area contributed by atoms with E-state index in [9.17, 15) is 9.59 Å². The summed E-state index contributed by atoms with van der Waals surface area (Å²) in [6.07, 6.45) is 3.94. The second-order valence-corrected chi connectivity index (χ2v) is 6.52.